The number of benzene rings is 3. The SMILES string of the molecule is CCCCC1(Cl)CCCCC1C(C)c1c(F)c(F)c(-c2ccc(-c3ccccc3)cc2F)c(F)c1F. The lowest BCUT2D eigenvalue weighted by atomic mass is 9.68. The fourth-order valence-electron chi connectivity index (χ4n) is 5.72. The molecule has 0 spiro atoms. The summed E-state index contributed by atoms with van der Waals surface area (Å²) in [5.74, 6) is -8.30. The van der Waals surface area contributed by atoms with Crippen molar-refractivity contribution in [2.75, 3.05) is 0 Å². The summed E-state index contributed by atoms with van der Waals surface area (Å²) < 4.78 is 76.5. The number of hydrogen-bond donors (Lipinski definition) is 0. The zero-order valence-electron chi connectivity index (χ0n) is 20.5. The Morgan fingerprint density at radius 2 is 1.56 bits per heavy atom. The highest BCUT2D eigenvalue weighted by atomic mass is 35.5. The molecule has 0 heterocycles. The van der Waals surface area contributed by atoms with Crippen molar-refractivity contribution < 1.29 is 22.0 Å². The molecule has 1 saturated carbocycles. The standard InChI is InChI=1S/C30H30ClF5/c1-3-4-15-30(31)16-9-8-12-22(30)18(2)24-26(33)28(35)25(29(36)27(24)34)21-14-13-20(17-23(21)32)19-10-6-5-7-11-19/h5-7,10-11,13-14,17-18,22H,3-4,8-9,12,15-16H2,1-2H3. The highest BCUT2D eigenvalue weighted by molar-refractivity contribution is 6.24. The lowest BCUT2D eigenvalue weighted by Gasteiger charge is -2.43. The van der Waals surface area contributed by atoms with Gasteiger partial charge in [0.05, 0.1) is 5.56 Å². The predicted molar refractivity (Wildman–Crippen MR) is 136 cm³/mol. The minimum absolute atomic E-state index is 0.338. The summed E-state index contributed by atoms with van der Waals surface area (Å²) >= 11 is 6.98. The molecule has 0 bridgehead atoms. The van der Waals surface area contributed by atoms with Gasteiger partial charge in [-0.05, 0) is 48.3 Å². The van der Waals surface area contributed by atoms with Gasteiger partial charge in [0.1, 0.15) is 5.82 Å². The molecule has 0 amide bonds. The molecular weight excluding hydrogens is 491 g/mol. The van der Waals surface area contributed by atoms with Gasteiger partial charge < -0.3 is 0 Å². The molecule has 6 heteroatoms. The minimum atomic E-state index is -1.59. The van der Waals surface area contributed by atoms with Crippen LogP contribution >= 0.6 is 11.6 Å². The molecule has 0 saturated heterocycles. The summed E-state index contributed by atoms with van der Waals surface area (Å²) in [5.41, 5.74) is -1.04. The van der Waals surface area contributed by atoms with Gasteiger partial charge in [-0.25, -0.2) is 22.0 Å². The lowest BCUT2D eigenvalue weighted by Crippen LogP contribution is -2.39. The van der Waals surface area contributed by atoms with Crippen LogP contribution in [0.25, 0.3) is 22.3 Å². The molecule has 0 aromatic heterocycles. The van der Waals surface area contributed by atoms with Crippen molar-refractivity contribution in [1.29, 1.82) is 0 Å². The van der Waals surface area contributed by atoms with Crippen LogP contribution in [0.1, 0.15) is 70.3 Å². The van der Waals surface area contributed by atoms with Gasteiger partial charge in [-0.15, -0.1) is 11.6 Å². The van der Waals surface area contributed by atoms with Crippen LogP contribution in [0.3, 0.4) is 0 Å². The van der Waals surface area contributed by atoms with Gasteiger partial charge in [-0.1, -0.05) is 82.0 Å². The Bertz CT molecular complexity index is 1200. The van der Waals surface area contributed by atoms with Crippen molar-refractivity contribution >= 4 is 11.6 Å². The van der Waals surface area contributed by atoms with E-state index >= 15 is 22.0 Å². The molecule has 3 aromatic carbocycles. The molecule has 1 aliphatic carbocycles. The summed E-state index contributed by atoms with van der Waals surface area (Å²) in [6.07, 6.45) is 5.50. The van der Waals surface area contributed by atoms with E-state index in [0.717, 1.165) is 37.8 Å². The number of hydrogen-bond acceptors (Lipinski definition) is 0. The van der Waals surface area contributed by atoms with Crippen LogP contribution in [-0.2, 0) is 0 Å². The van der Waals surface area contributed by atoms with Crippen molar-refractivity contribution in [3.8, 4) is 22.3 Å². The van der Waals surface area contributed by atoms with E-state index in [1.807, 2.05) is 6.92 Å². The monoisotopic (exact) mass is 520 g/mol. The molecule has 1 fully saturated rings. The van der Waals surface area contributed by atoms with E-state index in [2.05, 4.69) is 0 Å². The average molecular weight is 521 g/mol. The van der Waals surface area contributed by atoms with Crippen LogP contribution < -0.4 is 0 Å². The molecular formula is C30H30ClF5. The maximum Gasteiger partial charge on any atom is 0.170 e. The van der Waals surface area contributed by atoms with E-state index in [9.17, 15) is 0 Å². The zero-order valence-corrected chi connectivity index (χ0v) is 21.2. The van der Waals surface area contributed by atoms with Crippen LogP contribution in [0.4, 0.5) is 22.0 Å². The normalized spacial score (nSPS) is 20.9. The van der Waals surface area contributed by atoms with Gasteiger partial charge in [0, 0.05) is 16.0 Å². The predicted octanol–water partition coefficient (Wildman–Crippen LogP) is 10.2. The van der Waals surface area contributed by atoms with Gasteiger partial charge in [0.25, 0.3) is 0 Å². The van der Waals surface area contributed by atoms with E-state index in [1.54, 1.807) is 37.3 Å². The van der Waals surface area contributed by atoms with Gasteiger partial charge in [0.2, 0.25) is 0 Å². The van der Waals surface area contributed by atoms with Crippen molar-refractivity contribution in [3.05, 3.63) is 83.2 Å². The average Bonchev–Trinajstić information content (AvgIpc) is 2.88. The van der Waals surface area contributed by atoms with Crippen LogP contribution in [0.5, 0.6) is 0 Å². The largest absolute Gasteiger partial charge is 0.206 e. The number of unbranched alkanes of at least 4 members (excludes halogenated alkanes) is 1. The van der Waals surface area contributed by atoms with Crippen LogP contribution in [0.2, 0.25) is 0 Å². The lowest BCUT2D eigenvalue weighted by molar-refractivity contribution is 0.212. The first-order chi connectivity index (χ1) is 17.2. The van der Waals surface area contributed by atoms with E-state index < -0.39 is 56.6 Å². The first-order valence-corrected chi connectivity index (χ1v) is 13.0. The fraction of sp³-hybridized carbons (Fsp3) is 0.400. The maximum absolute atomic E-state index is 15.4. The van der Waals surface area contributed by atoms with Crippen molar-refractivity contribution in [3.63, 3.8) is 0 Å². The topological polar surface area (TPSA) is 0 Å². The van der Waals surface area contributed by atoms with Crippen molar-refractivity contribution in [2.24, 2.45) is 5.92 Å². The van der Waals surface area contributed by atoms with Gasteiger partial charge >= 0.3 is 0 Å². The summed E-state index contributed by atoms with van der Waals surface area (Å²) in [4.78, 5) is -0.683. The molecule has 4 rings (SSSR count). The van der Waals surface area contributed by atoms with Crippen LogP contribution in [0, 0.1) is 35.0 Å². The van der Waals surface area contributed by atoms with Crippen molar-refractivity contribution in [2.45, 2.75) is 69.6 Å². The van der Waals surface area contributed by atoms with Gasteiger partial charge in [-0.2, -0.15) is 0 Å². The van der Waals surface area contributed by atoms with E-state index in [0.29, 0.717) is 30.4 Å². The fourth-order valence-corrected chi connectivity index (χ4v) is 6.29. The third kappa shape index (κ3) is 4.91. The number of alkyl halides is 1. The quantitative estimate of drug-likeness (QED) is 0.165. The van der Waals surface area contributed by atoms with Crippen molar-refractivity contribution in [1.82, 2.24) is 0 Å². The Balaban J connectivity index is 1.76. The third-order valence-electron chi connectivity index (χ3n) is 7.67. The van der Waals surface area contributed by atoms with Gasteiger partial charge in [0.15, 0.2) is 23.3 Å². The first kappa shape index (κ1) is 26.7. The van der Waals surface area contributed by atoms with Crippen LogP contribution in [0.15, 0.2) is 48.5 Å². The third-order valence-corrected chi connectivity index (χ3v) is 8.33. The summed E-state index contributed by atoms with van der Waals surface area (Å²) in [5, 5.41) is 0. The molecule has 3 aromatic rings. The number of rotatable bonds is 7. The second-order valence-corrected chi connectivity index (χ2v) is 10.6. The number of halogens is 6. The second-order valence-electron chi connectivity index (χ2n) is 9.88. The Morgan fingerprint density at radius 3 is 2.17 bits per heavy atom. The highest BCUT2D eigenvalue weighted by Crippen LogP contribution is 2.50. The van der Waals surface area contributed by atoms with E-state index in [-0.39, 0.29) is 5.92 Å². The molecule has 0 nitrogen and oxygen atoms in total. The Labute approximate surface area is 214 Å². The minimum Gasteiger partial charge on any atom is -0.206 e. The summed E-state index contributed by atoms with van der Waals surface area (Å²) in [6.45, 7) is 3.62. The van der Waals surface area contributed by atoms with Gasteiger partial charge in [-0.3, -0.25) is 0 Å². The Kier molecular flexibility index (Phi) is 8.09. The molecule has 3 unspecified atom stereocenters. The molecule has 0 aliphatic heterocycles. The molecule has 192 valence electrons. The first-order valence-electron chi connectivity index (χ1n) is 12.6. The molecule has 3 atom stereocenters. The van der Waals surface area contributed by atoms with E-state index in [4.69, 9.17) is 11.6 Å². The van der Waals surface area contributed by atoms with E-state index in [1.165, 1.54) is 6.07 Å². The zero-order chi connectivity index (χ0) is 26.0. The Morgan fingerprint density at radius 1 is 0.889 bits per heavy atom. The molecule has 0 radical (unpaired) electrons. The molecule has 0 N–H and O–H groups in total. The maximum atomic E-state index is 15.4. The smallest absolute Gasteiger partial charge is 0.170 e. The summed E-state index contributed by atoms with van der Waals surface area (Å²) in [6, 6.07) is 12.6. The second kappa shape index (κ2) is 10.9. The molecule has 1 aliphatic rings. The molecule has 36 heavy (non-hydrogen) atoms. The summed E-state index contributed by atoms with van der Waals surface area (Å²) in [7, 11) is 0. The Hall–Kier alpha value is -2.40. The highest BCUT2D eigenvalue weighted by Gasteiger charge is 2.44. The van der Waals surface area contributed by atoms with Crippen LogP contribution in [-0.4, -0.2) is 4.87 Å².